The second-order valence-corrected chi connectivity index (χ2v) is 8.68. The Balaban J connectivity index is 2.66. The summed E-state index contributed by atoms with van der Waals surface area (Å²) in [5, 5.41) is 0. The number of nitrogens with zero attached hydrogens (tertiary/aromatic N) is 1. The summed E-state index contributed by atoms with van der Waals surface area (Å²) in [5.74, 6) is 0.847. The molecule has 1 rings (SSSR count). The first-order valence-corrected chi connectivity index (χ1v) is 7.42. The molecule has 1 saturated heterocycles. The van der Waals surface area contributed by atoms with Crippen molar-refractivity contribution in [1.82, 2.24) is 4.67 Å². The van der Waals surface area contributed by atoms with Gasteiger partial charge < -0.3 is 4.74 Å². The molecule has 1 aliphatic heterocycles. The highest BCUT2D eigenvalue weighted by Crippen LogP contribution is 2.69. The van der Waals surface area contributed by atoms with Gasteiger partial charge in [-0.1, -0.05) is 18.3 Å². The van der Waals surface area contributed by atoms with Crippen LogP contribution in [0.5, 0.6) is 0 Å². The summed E-state index contributed by atoms with van der Waals surface area (Å²) in [4.78, 5) is 0. The molecule has 1 unspecified atom stereocenters. The Kier molecular flexibility index (Phi) is 3.27. The van der Waals surface area contributed by atoms with Crippen LogP contribution >= 0.6 is 17.9 Å². The molecule has 0 aromatic heterocycles. The zero-order valence-electron chi connectivity index (χ0n) is 7.98. The Bertz CT molecular complexity index is 210. The van der Waals surface area contributed by atoms with Crippen molar-refractivity contribution < 1.29 is 9.30 Å². The minimum Gasteiger partial charge on any atom is -0.359 e. The summed E-state index contributed by atoms with van der Waals surface area (Å²) in [6.45, 7) is 1.71. The largest absolute Gasteiger partial charge is 0.359 e. The van der Waals surface area contributed by atoms with E-state index in [1.807, 2.05) is 32.6 Å². The fraction of sp³-hybridized carbons (Fsp3) is 1.00. The number of hydrogen-bond acceptors (Lipinski definition) is 3. The van der Waals surface area contributed by atoms with E-state index in [0.717, 1.165) is 5.75 Å². The Labute approximate surface area is 78.0 Å². The van der Waals surface area contributed by atoms with Crippen molar-refractivity contribution in [3.8, 4) is 0 Å². The van der Waals surface area contributed by atoms with E-state index in [9.17, 15) is 4.57 Å². The average molecular weight is 209 g/mol. The average Bonchev–Trinajstić information content (AvgIpc) is 2.67. The molecule has 0 saturated carbocycles. The van der Waals surface area contributed by atoms with Crippen LogP contribution in [-0.2, 0) is 9.30 Å². The van der Waals surface area contributed by atoms with Gasteiger partial charge in [-0.15, -0.1) is 0 Å². The van der Waals surface area contributed by atoms with Gasteiger partial charge >= 0.3 is 0 Å². The van der Waals surface area contributed by atoms with Crippen molar-refractivity contribution in [2.45, 2.75) is 25.8 Å². The molecule has 0 aromatic carbocycles. The van der Waals surface area contributed by atoms with Crippen LogP contribution in [0.1, 0.15) is 13.8 Å². The highest BCUT2D eigenvalue weighted by atomic mass is 32.7. The molecule has 3 nitrogen and oxygen atoms in total. The van der Waals surface area contributed by atoms with Crippen LogP contribution in [0.3, 0.4) is 0 Å². The first kappa shape index (κ1) is 10.6. The van der Waals surface area contributed by atoms with Crippen LogP contribution < -0.4 is 0 Å². The van der Waals surface area contributed by atoms with Crippen LogP contribution in [0, 0.1) is 0 Å². The van der Waals surface area contributed by atoms with Crippen molar-refractivity contribution in [3.05, 3.63) is 0 Å². The zero-order chi connectivity index (χ0) is 9.35. The van der Waals surface area contributed by atoms with E-state index in [0.29, 0.717) is 0 Å². The van der Waals surface area contributed by atoms with Crippen LogP contribution in [0.4, 0.5) is 0 Å². The molecule has 1 heterocycles. The Morgan fingerprint density at radius 2 is 2.08 bits per heavy atom. The van der Waals surface area contributed by atoms with Gasteiger partial charge in [0.15, 0.2) is 5.85 Å². The maximum absolute atomic E-state index is 12.2. The highest BCUT2D eigenvalue weighted by Gasteiger charge is 2.51. The third kappa shape index (κ3) is 1.87. The first-order chi connectivity index (χ1) is 5.52. The fourth-order valence-electron chi connectivity index (χ4n) is 1.12. The number of ether oxygens (including phenoxy) is 1. The van der Waals surface area contributed by atoms with E-state index in [2.05, 4.69) is 0 Å². The van der Waals surface area contributed by atoms with Gasteiger partial charge in [0.2, 0.25) is 6.49 Å². The number of rotatable bonds is 4. The molecule has 5 heteroatoms. The minimum absolute atomic E-state index is 0.0301. The van der Waals surface area contributed by atoms with Gasteiger partial charge in [-0.25, -0.2) is 4.67 Å². The Morgan fingerprint density at radius 1 is 1.58 bits per heavy atom. The van der Waals surface area contributed by atoms with Crippen LogP contribution in [0.25, 0.3) is 0 Å². The maximum Gasteiger partial charge on any atom is 0.233 e. The summed E-state index contributed by atoms with van der Waals surface area (Å²) in [7, 11) is 3.72. The third-order valence-electron chi connectivity index (χ3n) is 1.87. The van der Waals surface area contributed by atoms with Crippen LogP contribution in [0.2, 0.25) is 0 Å². The predicted molar refractivity (Wildman–Crippen MR) is 53.8 cm³/mol. The lowest BCUT2D eigenvalue weighted by Gasteiger charge is -2.21. The van der Waals surface area contributed by atoms with Gasteiger partial charge in [-0.2, -0.15) is 0 Å². The fourth-order valence-corrected chi connectivity index (χ4v) is 6.10. The second kappa shape index (κ2) is 3.70. The molecule has 0 aromatic rings. The normalized spacial score (nSPS) is 33.4. The van der Waals surface area contributed by atoms with E-state index >= 15 is 0 Å². The Morgan fingerprint density at radius 3 is 2.33 bits per heavy atom. The SMILES string of the molecule is CCSP(=O)([C@@H]1O[C@@H]1C)N(C)C. The van der Waals surface area contributed by atoms with Crippen molar-refractivity contribution in [2.24, 2.45) is 0 Å². The smallest absolute Gasteiger partial charge is 0.233 e. The lowest BCUT2D eigenvalue weighted by Crippen LogP contribution is -2.11. The topological polar surface area (TPSA) is 32.8 Å². The molecule has 3 atom stereocenters. The van der Waals surface area contributed by atoms with Crippen molar-refractivity contribution in [3.63, 3.8) is 0 Å². The van der Waals surface area contributed by atoms with E-state index < -0.39 is 6.49 Å². The van der Waals surface area contributed by atoms with Gasteiger partial charge in [0.25, 0.3) is 0 Å². The molecule has 0 aliphatic carbocycles. The van der Waals surface area contributed by atoms with E-state index in [1.54, 1.807) is 0 Å². The lowest BCUT2D eigenvalue weighted by atomic mass is 10.6. The summed E-state index contributed by atoms with van der Waals surface area (Å²) in [6, 6.07) is 0. The van der Waals surface area contributed by atoms with E-state index in [1.165, 1.54) is 11.4 Å². The summed E-state index contributed by atoms with van der Waals surface area (Å²) in [5.41, 5.74) is 0. The van der Waals surface area contributed by atoms with Gasteiger partial charge in [-0.05, 0) is 26.8 Å². The summed E-state index contributed by atoms with van der Waals surface area (Å²) >= 11 is 1.52. The molecule has 1 fully saturated rings. The summed E-state index contributed by atoms with van der Waals surface area (Å²) in [6.07, 6.45) is 0.178. The standard InChI is InChI=1S/C7H16NO2PS/c1-5-12-11(9,8(3)4)7-6(2)10-7/h6-7H,5H2,1-4H3/t6-,7+,11?/m1/s1. The zero-order valence-corrected chi connectivity index (χ0v) is 9.69. The van der Waals surface area contributed by atoms with Gasteiger partial charge in [-0.3, -0.25) is 4.57 Å². The van der Waals surface area contributed by atoms with Crippen molar-refractivity contribution >= 4 is 17.9 Å². The molecule has 0 N–H and O–H groups in total. The van der Waals surface area contributed by atoms with Crippen LogP contribution in [0.15, 0.2) is 0 Å². The molecule has 72 valence electrons. The number of epoxide rings is 1. The van der Waals surface area contributed by atoms with Crippen LogP contribution in [-0.4, -0.2) is 36.5 Å². The van der Waals surface area contributed by atoms with Crippen molar-refractivity contribution in [1.29, 1.82) is 0 Å². The third-order valence-corrected chi connectivity index (χ3v) is 8.29. The highest BCUT2D eigenvalue weighted by molar-refractivity contribution is 8.57. The quantitative estimate of drug-likeness (QED) is 0.525. The molecular weight excluding hydrogens is 193 g/mol. The maximum atomic E-state index is 12.2. The predicted octanol–water partition coefficient (Wildman–Crippen LogP) is 2.24. The molecule has 0 spiro atoms. The summed E-state index contributed by atoms with van der Waals surface area (Å²) < 4.78 is 19.3. The molecule has 0 radical (unpaired) electrons. The Hall–Kier alpha value is 0.500. The first-order valence-electron chi connectivity index (χ1n) is 4.10. The van der Waals surface area contributed by atoms with Gasteiger partial charge in [0.05, 0.1) is 6.10 Å². The number of hydrogen-bond donors (Lipinski definition) is 0. The molecule has 0 amide bonds. The van der Waals surface area contributed by atoms with E-state index in [4.69, 9.17) is 4.74 Å². The molecule has 12 heavy (non-hydrogen) atoms. The second-order valence-electron chi connectivity index (χ2n) is 3.06. The van der Waals surface area contributed by atoms with E-state index in [-0.39, 0.29) is 11.9 Å². The molecule has 1 aliphatic rings. The van der Waals surface area contributed by atoms with Gasteiger partial charge in [0.1, 0.15) is 0 Å². The minimum atomic E-state index is -2.28. The lowest BCUT2D eigenvalue weighted by molar-refractivity contribution is 0.400. The monoisotopic (exact) mass is 209 g/mol. The molecular formula is C7H16NO2PS. The molecule has 0 bridgehead atoms. The van der Waals surface area contributed by atoms with Crippen molar-refractivity contribution in [2.75, 3.05) is 19.8 Å². The van der Waals surface area contributed by atoms with Gasteiger partial charge in [0, 0.05) is 0 Å².